The Morgan fingerprint density at radius 2 is 1.84 bits per heavy atom. The fraction of sp³-hybridized carbons (Fsp3) is 0.538. The van der Waals surface area contributed by atoms with Crippen LogP contribution in [0.1, 0.15) is 32.4 Å². The van der Waals surface area contributed by atoms with E-state index in [0.29, 0.717) is 0 Å². The lowest BCUT2D eigenvalue weighted by molar-refractivity contribution is 0.522. The van der Waals surface area contributed by atoms with E-state index >= 15 is 0 Å². The van der Waals surface area contributed by atoms with Crippen molar-refractivity contribution >= 4 is 21.8 Å². The van der Waals surface area contributed by atoms with Crippen molar-refractivity contribution < 1.29 is 8.42 Å². The van der Waals surface area contributed by atoms with Gasteiger partial charge >= 0.3 is 0 Å². The molecule has 19 heavy (non-hydrogen) atoms. The molecule has 4 nitrogen and oxygen atoms in total. The van der Waals surface area contributed by atoms with E-state index in [9.17, 15) is 8.42 Å². The minimum Gasteiger partial charge on any atom is -0.309 e. The van der Waals surface area contributed by atoms with Crippen LogP contribution < -0.4 is 10.5 Å². The summed E-state index contributed by atoms with van der Waals surface area (Å²) in [6.45, 7) is 7.30. The molecule has 1 aromatic carbocycles. The zero-order chi connectivity index (χ0) is 14.7. The number of benzene rings is 1. The van der Waals surface area contributed by atoms with Crippen molar-refractivity contribution in [3.05, 3.63) is 29.8 Å². The van der Waals surface area contributed by atoms with Gasteiger partial charge in [-0.15, -0.1) is 0 Å². The van der Waals surface area contributed by atoms with Gasteiger partial charge in [0.2, 0.25) is 10.0 Å². The molecule has 0 bridgehead atoms. The van der Waals surface area contributed by atoms with Gasteiger partial charge in [-0.25, -0.2) is 13.6 Å². The molecule has 0 radical (unpaired) electrons. The van der Waals surface area contributed by atoms with Gasteiger partial charge in [0.1, 0.15) is 0 Å². The Kier molecular flexibility index (Phi) is 5.43. The van der Waals surface area contributed by atoms with Crippen LogP contribution in [0.4, 0.5) is 0 Å². The van der Waals surface area contributed by atoms with Crippen LogP contribution in [0.5, 0.6) is 0 Å². The highest BCUT2D eigenvalue weighted by Gasteiger charge is 2.17. The van der Waals surface area contributed by atoms with E-state index in [4.69, 9.17) is 5.14 Å². The van der Waals surface area contributed by atoms with Crippen LogP contribution in [0.15, 0.2) is 29.2 Å². The summed E-state index contributed by atoms with van der Waals surface area (Å²) in [6, 6.07) is 6.85. The molecule has 1 atom stereocenters. The lowest BCUT2D eigenvalue weighted by Crippen LogP contribution is -2.33. The van der Waals surface area contributed by atoms with Gasteiger partial charge in [-0.1, -0.05) is 12.1 Å². The van der Waals surface area contributed by atoms with Crippen LogP contribution in [0.3, 0.4) is 0 Å². The van der Waals surface area contributed by atoms with Crippen molar-refractivity contribution in [3.8, 4) is 0 Å². The maximum Gasteiger partial charge on any atom is 0.238 e. The zero-order valence-corrected chi connectivity index (χ0v) is 13.4. The number of nitrogens with one attached hydrogen (secondary N) is 1. The Balaban J connectivity index is 2.71. The largest absolute Gasteiger partial charge is 0.309 e. The van der Waals surface area contributed by atoms with Crippen LogP contribution in [0, 0.1) is 0 Å². The highest BCUT2D eigenvalue weighted by atomic mass is 32.2. The third-order valence-electron chi connectivity index (χ3n) is 3.10. The lowest BCUT2D eigenvalue weighted by atomic mass is 10.1. The molecule has 0 aliphatic carbocycles. The number of nitrogens with two attached hydrogens (primary N) is 1. The average molecular weight is 302 g/mol. The van der Waals surface area contributed by atoms with Gasteiger partial charge in [-0.2, -0.15) is 11.8 Å². The predicted molar refractivity (Wildman–Crippen MR) is 81.8 cm³/mol. The summed E-state index contributed by atoms with van der Waals surface area (Å²) in [5.74, 6) is 0. The van der Waals surface area contributed by atoms with Crippen LogP contribution in [0.2, 0.25) is 0 Å². The van der Waals surface area contributed by atoms with Crippen LogP contribution in [-0.4, -0.2) is 26.0 Å². The first-order valence-corrected chi connectivity index (χ1v) is 8.84. The highest BCUT2D eigenvalue weighted by Crippen LogP contribution is 2.22. The topological polar surface area (TPSA) is 72.2 Å². The summed E-state index contributed by atoms with van der Waals surface area (Å²) < 4.78 is 22.5. The van der Waals surface area contributed by atoms with E-state index in [0.717, 1.165) is 12.1 Å². The van der Waals surface area contributed by atoms with E-state index in [1.807, 2.05) is 11.8 Å². The summed E-state index contributed by atoms with van der Waals surface area (Å²) in [7, 11) is -3.61. The van der Waals surface area contributed by atoms with Gasteiger partial charge in [-0.3, -0.25) is 0 Å². The molecule has 108 valence electrons. The number of thioether (sulfide) groups is 1. The second kappa shape index (κ2) is 6.26. The molecule has 0 spiro atoms. The molecular weight excluding hydrogens is 280 g/mol. The lowest BCUT2D eigenvalue weighted by Gasteiger charge is -2.25. The van der Waals surface area contributed by atoms with Crippen molar-refractivity contribution in [3.63, 3.8) is 0 Å². The first-order valence-electron chi connectivity index (χ1n) is 6.07. The number of hydrogen-bond donors (Lipinski definition) is 2. The number of hydrogen-bond acceptors (Lipinski definition) is 4. The summed E-state index contributed by atoms with van der Waals surface area (Å²) >= 11 is 1.81. The predicted octanol–water partition coefficient (Wildman–Crippen LogP) is 2.13. The Bertz CT molecular complexity index is 510. The first kappa shape index (κ1) is 16.5. The molecule has 1 unspecified atom stereocenters. The molecule has 6 heteroatoms. The molecule has 0 saturated carbocycles. The first-order chi connectivity index (χ1) is 8.65. The Morgan fingerprint density at radius 1 is 1.32 bits per heavy atom. The molecule has 0 saturated heterocycles. The van der Waals surface area contributed by atoms with E-state index in [1.54, 1.807) is 24.3 Å². The molecule has 3 N–H and O–H groups in total. The molecule has 0 heterocycles. The second-order valence-electron chi connectivity index (χ2n) is 5.18. The third-order valence-corrected chi connectivity index (χ3v) is 5.27. The van der Waals surface area contributed by atoms with Crippen molar-refractivity contribution in [2.24, 2.45) is 5.14 Å². The highest BCUT2D eigenvalue weighted by molar-refractivity contribution is 7.99. The molecule has 0 aromatic heterocycles. The van der Waals surface area contributed by atoms with E-state index in [-0.39, 0.29) is 15.7 Å². The number of primary sulfonamides is 1. The van der Waals surface area contributed by atoms with E-state index in [1.165, 1.54) is 0 Å². The number of sulfonamides is 1. The van der Waals surface area contributed by atoms with Crippen LogP contribution >= 0.6 is 11.8 Å². The van der Waals surface area contributed by atoms with Gasteiger partial charge in [0.05, 0.1) is 4.90 Å². The summed E-state index contributed by atoms with van der Waals surface area (Å²) in [5, 5.41) is 8.52. The molecular formula is C13H22N2O2S2. The average Bonchev–Trinajstić information content (AvgIpc) is 2.35. The minimum absolute atomic E-state index is 0.146. The number of rotatable bonds is 6. The van der Waals surface area contributed by atoms with Gasteiger partial charge < -0.3 is 5.32 Å². The minimum atomic E-state index is -3.61. The monoisotopic (exact) mass is 302 g/mol. The van der Waals surface area contributed by atoms with E-state index < -0.39 is 10.0 Å². The third kappa shape index (κ3) is 5.14. The van der Waals surface area contributed by atoms with E-state index in [2.05, 4.69) is 32.3 Å². The van der Waals surface area contributed by atoms with Crippen LogP contribution in [-0.2, 0) is 10.0 Å². The van der Waals surface area contributed by atoms with Crippen molar-refractivity contribution in [1.29, 1.82) is 0 Å². The van der Waals surface area contributed by atoms with Crippen LogP contribution in [0.25, 0.3) is 0 Å². The second-order valence-corrected chi connectivity index (χ2v) is 8.26. The maximum absolute atomic E-state index is 11.2. The fourth-order valence-corrected chi connectivity index (χ4v) is 2.28. The molecule has 1 rings (SSSR count). The van der Waals surface area contributed by atoms with Gasteiger partial charge in [0.15, 0.2) is 0 Å². The van der Waals surface area contributed by atoms with Gasteiger partial charge in [0, 0.05) is 17.3 Å². The quantitative estimate of drug-likeness (QED) is 0.844. The standard InChI is InChI=1S/C13H22N2O2S2/c1-10(15-9-13(2,3)18-4)11-5-7-12(8-6-11)19(14,16)17/h5-8,10,15H,9H2,1-4H3,(H2,14,16,17). The normalized spacial score (nSPS) is 14.4. The van der Waals surface area contributed by atoms with Gasteiger partial charge in [0.25, 0.3) is 0 Å². The molecule has 0 aliphatic heterocycles. The Hall–Kier alpha value is -0.560. The van der Waals surface area contributed by atoms with Gasteiger partial charge in [-0.05, 0) is 44.7 Å². The zero-order valence-electron chi connectivity index (χ0n) is 11.8. The Morgan fingerprint density at radius 3 is 2.26 bits per heavy atom. The molecule has 0 aliphatic rings. The summed E-state index contributed by atoms with van der Waals surface area (Å²) in [4.78, 5) is 0.146. The SMILES string of the molecule is CSC(C)(C)CNC(C)c1ccc(S(N)(=O)=O)cc1. The van der Waals surface area contributed by atoms with Crippen molar-refractivity contribution in [2.75, 3.05) is 12.8 Å². The molecule has 1 aromatic rings. The maximum atomic E-state index is 11.2. The fourth-order valence-electron chi connectivity index (χ4n) is 1.54. The van der Waals surface area contributed by atoms with Crippen molar-refractivity contribution in [1.82, 2.24) is 5.32 Å². The summed E-state index contributed by atoms with van der Waals surface area (Å²) in [5.41, 5.74) is 1.05. The molecule has 0 amide bonds. The smallest absolute Gasteiger partial charge is 0.238 e. The van der Waals surface area contributed by atoms with Crippen molar-refractivity contribution in [2.45, 2.75) is 36.5 Å². The Labute approximate surface area is 120 Å². The molecule has 0 fully saturated rings. The summed E-state index contributed by atoms with van der Waals surface area (Å²) in [6.07, 6.45) is 2.09.